The largest absolute Gasteiger partial charge is 0.856 e. The fraction of sp³-hybridized carbons (Fsp3) is 0.111. The molecule has 2 heterocycles. The Morgan fingerprint density at radius 3 is 3.06 bits per heavy atom. The van der Waals surface area contributed by atoms with Crippen LogP contribution in [0.1, 0.15) is 0 Å². The number of rotatable bonds is 2. The van der Waals surface area contributed by atoms with E-state index in [9.17, 15) is 5.11 Å². The third-order valence-corrected chi connectivity index (χ3v) is 1.89. The number of aliphatic hydroxyl groups excluding tert-OH is 1. The third-order valence-electron chi connectivity index (χ3n) is 1.89. The van der Waals surface area contributed by atoms with Crippen LogP contribution in [0.25, 0.3) is 0 Å². The second-order valence-corrected chi connectivity index (χ2v) is 2.97. The smallest absolute Gasteiger partial charge is 0.315 e. The van der Waals surface area contributed by atoms with E-state index in [-0.39, 0.29) is 18.2 Å². The topological polar surface area (TPSA) is 110 Å². The van der Waals surface area contributed by atoms with Crippen LogP contribution in [0.4, 0.5) is 17.5 Å². The molecule has 3 N–H and O–H groups in total. The van der Waals surface area contributed by atoms with E-state index in [1.54, 1.807) is 12.3 Å². The molecular weight excluding hydrogens is 210 g/mol. The summed E-state index contributed by atoms with van der Waals surface area (Å²) in [6.07, 6.45) is 6.19. The fourth-order valence-corrected chi connectivity index (χ4v) is 1.23. The Balaban J connectivity index is 2.43. The predicted octanol–water partition coefficient (Wildman–Crippen LogP) is -0.931. The lowest BCUT2D eigenvalue weighted by Crippen LogP contribution is -2.05. The van der Waals surface area contributed by atoms with E-state index >= 15 is 0 Å². The van der Waals surface area contributed by atoms with Crippen molar-refractivity contribution in [2.75, 3.05) is 12.3 Å². The zero-order valence-electron chi connectivity index (χ0n) is 8.24. The first-order valence-corrected chi connectivity index (χ1v) is 4.50. The number of hydrogen-bond acceptors (Lipinski definition) is 6. The molecule has 0 spiro atoms. The summed E-state index contributed by atoms with van der Waals surface area (Å²) < 4.78 is 1.53. The van der Waals surface area contributed by atoms with Crippen LogP contribution >= 0.6 is 0 Å². The van der Waals surface area contributed by atoms with Crippen LogP contribution in [0.5, 0.6) is 5.88 Å². The predicted molar refractivity (Wildman–Crippen MR) is 56.3 cm³/mol. The van der Waals surface area contributed by atoms with Gasteiger partial charge in [-0.05, 0) is 6.08 Å². The van der Waals surface area contributed by atoms with Crippen molar-refractivity contribution in [2.24, 2.45) is 4.99 Å². The number of anilines is 1. The molecule has 7 nitrogen and oxygen atoms in total. The van der Waals surface area contributed by atoms with Crippen LogP contribution in [0.3, 0.4) is 0 Å². The van der Waals surface area contributed by atoms with Gasteiger partial charge >= 0.3 is 5.82 Å². The van der Waals surface area contributed by atoms with Crippen molar-refractivity contribution in [3.05, 3.63) is 12.2 Å². The van der Waals surface area contributed by atoms with Crippen LogP contribution in [0.15, 0.2) is 17.1 Å². The number of allylic oxidation sites excluding steroid dienone is 1. The van der Waals surface area contributed by atoms with Crippen molar-refractivity contribution >= 4 is 30.0 Å². The highest BCUT2D eigenvalue weighted by atomic mass is 16.3. The van der Waals surface area contributed by atoms with Crippen molar-refractivity contribution in [1.82, 2.24) is 9.97 Å². The summed E-state index contributed by atoms with van der Waals surface area (Å²) in [5.41, 5.74) is 5.54. The molecule has 0 aromatic carbocycles. The molecular formula is C9H9N5O2. The summed E-state index contributed by atoms with van der Waals surface area (Å²) >= 11 is 0. The highest BCUT2D eigenvalue weighted by Gasteiger charge is 2.23. The Bertz CT molecular complexity index is 507. The maximum absolute atomic E-state index is 11.4. The van der Waals surface area contributed by atoms with Crippen molar-refractivity contribution in [3.8, 4) is 5.88 Å². The standard InChI is InChI=1S/C9H9N5O2/c10-9-12-7-6(8(16)13-9)11-5-14(7)3-1-2-4-15/h1-3,5,15H,4H2,(H2-,10,12,13,16)/b2-1?,14-3-. The maximum Gasteiger partial charge on any atom is 0.315 e. The Labute approximate surface area is 90.9 Å². The summed E-state index contributed by atoms with van der Waals surface area (Å²) in [6.45, 7) is -0.0624. The molecule has 0 fully saturated rings. The average molecular weight is 219 g/mol. The third kappa shape index (κ3) is 1.75. The molecule has 0 amide bonds. The van der Waals surface area contributed by atoms with E-state index in [4.69, 9.17) is 10.8 Å². The Hall–Kier alpha value is -2.28. The Morgan fingerprint density at radius 1 is 1.50 bits per heavy atom. The number of hydrogen-bond donors (Lipinski definition) is 2. The molecule has 0 saturated heterocycles. The SMILES string of the molecule is Nc1nc([O-])c2c(n1)/[N+](=C\C=CCO)C=N2. The van der Waals surface area contributed by atoms with E-state index in [1.165, 1.54) is 17.0 Å². The minimum Gasteiger partial charge on any atom is -0.856 e. The molecule has 1 aromatic rings. The molecule has 1 aliphatic heterocycles. The molecule has 82 valence electrons. The Kier molecular flexibility index (Phi) is 2.61. The van der Waals surface area contributed by atoms with Gasteiger partial charge in [-0.2, -0.15) is 0 Å². The van der Waals surface area contributed by atoms with Crippen LogP contribution in [-0.2, 0) is 0 Å². The summed E-state index contributed by atoms with van der Waals surface area (Å²) in [6, 6.07) is 0. The molecule has 1 aliphatic rings. The lowest BCUT2D eigenvalue weighted by molar-refractivity contribution is -0.291. The van der Waals surface area contributed by atoms with Crippen LogP contribution < -0.4 is 10.8 Å². The van der Waals surface area contributed by atoms with E-state index in [0.29, 0.717) is 5.82 Å². The highest BCUT2D eigenvalue weighted by molar-refractivity contribution is 5.80. The van der Waals surface area contributed by atoms with Crippen molar-refractivity contribution < 1.29 is 14.8 Å². The van der Waals surface area contributed by atoms with Gasteiger partial charge in [0.25, 0.3) is 5.95 Å². The van der Waals surface area contributed by atoms with Crippen LogP contribution in [0, 0.1) is 0 Å². The van der Waals surface area contributed by atoms with Crippen molar-refractivity contribution in [2.45, 2.75) is 0 Å². The highest BCUT2D eigenvalue weighted by Crippen LogP contribution is 2.34. The number of aliphatic hydroxyl groups is 1. The molecule has 0 aliphatic carbocycles. The minimum absolute atomic E-state index is 0.0624. The molecule has 0 bridgehead atoms. The monoisotopic (exact) mass is 219 g/mol. The van der Waals surface area contributed by atoms with Gasteiger partial charge in [-0.3, -0.25) is 0 Å². The molecule has 2 rings (SSSR count). The lowest BCUT2D eigenvalue weighted by Gasteiger charge is -2.02. The van der Waals surface area contributed by atoms with Crippen molar-refractivity contribution in [1.29, 1.82) is 0 Å². The van der Waals surface area contributed by atoms with Crippen molar-refractivity contribution in [3.63, 3.8) is 0 Å². The molecule has 16 heavy (non-hydrogen) atoms. The Morgan fingerprint density at radius 2 is 2.31 bits per heavy atom. The quantitative estimate of drug-likeness (QED) is 0.624. The molecule has 0 saturated carbocycles. The average Bonchev–Trinajstić information content (AvgIpc) is 2.62. The van der Waals surface area contributed by atoms with E-state index < -0.39 is 5.88 Å². The fourth-order valence-electron chi connectivity index (χ4n) is 1.23. The van der Waals surface area contributed by atoms with Gasteiger partial charge in [0.2, 0.25) is 12.0 Å². The molecule has 0 unspecified atom stereocenters. The zero-order chi connectivity index (χ0) is 11.5. The first-order chi connectivity index (χ1) is 7.72. The summed E-state index contributed by atoms with van der Waals surface area (Å²) in [5.74, 6) is -0.236. The minimum atomic E-state index is -0.499. The molecule has 0 atom stereocenters. The summed E-state index contributed by atoms with van der Waals surface area (Å²) in [7, 11) is 0. The zero-order valence-corrected chi connectivity index (χ0v) is 8.24. The number of aliphatic imine (C=N–C) groups is 1. The van der Waals surface area contributed by atoms with E-state index in [0.717, 1.165) is 0 Å². The molecule has 7 heteroatoms. The number of fused-ring (bicyclic) bond motifs is 1. The number of nitrogen functional groups attached to an aromatic ring is 1. The second kappa shape index (κ2) is 4.07. The number of aromatic nitrogens is 2. The molecule has 1 aromatic heterocycles. The second-order valence-electron chi connectivity index (χ2n) is 2.97. The number of nitrogens with zero attached hydrogens (tertiary/aromatic N) is 4. The van der Waals surface area contributed by atoms with E-state index in [1.807, 2.05) is 0 Å². The van der Waals surface area contributed by atoms with Gasteiger partial charge < -0.3 is 15.9 Å². The summed E-state index contributed by atoms with van der Waals surface area (Å²) in [4.78, 5) is 11.3. The van der Waals surface area contributed by atoms with Crippen LogP contribution in [0.2, 0.25) is 0 Å². The van der Waals surface area contributed by atoms with Gasteiger partial charge in [-0.25, -0.2) is 9.56 Å². The van der Waals surface area contributed by atoms with Gasteiger partial charge in [0.15, 0.2) is 0 Å². The first kappa shape index (κ1) is 10.2. The van der Waals surface area contributed by atoms with Gasteiger partial charge in [0.05, 0.1) is 12.8 Å². The normalized spacial score (nSPS) is 16.2. The van der Waals surface area contributed by atoms with Gasteiger partial charge in [0.1, 0.15) is 0 Å². The first-order valence-electron chi connectivity index (χ1n) is 4.50. The number of nitrogens with two attached hydrogens (primary N) is 1. The maximum atomic E-state index is 11.4. The molecule has 0 radical (unpaired) electrons. The van der Waals surface area contributed by atoms with Crippen LogP contribution in [-0.4, -0.2) is 38.8 Å². The lowest BCUT2D eigenvalue weighted by atomic mass is 10.4. The summed E-state index contributed by atoms with van der Waals surface area (Å²) in [5, 5.41) is 19.9. The van der Waals surface area contributed by atoms with Gasteiger partial charge in [-0.1, -0.05) is 11.1 Å². The van der Waals surface area contributed by atoms with E-state index in [2.05, 4.69) is 15.0 Å². The van der Waals surface area contributed by atoms with Gasteiger partial charge in [-0.15, -0.1) is 4.99 Å². The van der Waals surface area contributed by atoms with Gasteiger partial charge in [0, 0.05) is 5.88 Å².